The summed E-state index contributed by atoms with van der Waals surface area (Å²) < 4.78 is 26.9. The van der Waals surface area contributed by atoms with Crippen LogP contribution in [0, 0.1) is 5.92 Å². The van der Waals surface area contributed by atoms with Gasteiger partial charge in [0.15, 0.2) is 0 Å². The van der Waals surface area contributed by atoms with E-state index >= 15 is 0 Å². The Morgan fingerprint density at radius 2 is 1.92 bits per heavy atom. The number of hydrogen-bond acceptors (Lipinski definition) is 3. The highest BCUT2D eigenvalue weighted by molar-refractivity contribution is 7.90. The van der Waals surface area contributed by atoms with E-state index < -0.39 is 9.84 Å². The second-order valence-corrected chi connectivity index (χ2v) is 5.73. The van der Waals surface area contributed by atoms with Crippen molar-refractivity contribution in [1.82, 2.24) is 0 Å². The van der Waals surface area contributed by atoms with E-state index in [0.717, 1.165) is 32.5 Å². The van der Waals surface area contributed by atoms with E-state index in [9.17, 15) is 8.42 Å². The monoisotopic (exact) mass is 192 g/mol. The van der Waals surface area contributed by atoms with Crippen LogP contribution in [0.4, 0.5) is 0 Å². The van der Waals surface area contributed by atoms with Crippen molar-refractivity contribution in [3.8, 4) is 0 Å². The molecule has 0 atom stereocenters. The summed E-state index contributed by atoms with van der Waals surface area (Å²) in [5.74, 6) is 0.894. The SMILES string of the molecule is CS(=O)(=O)CCC1CCOCC1. The Labute approximate surface area is 74.0 Å². The molecular weight excluding hydrogens is 176 g/mol. The van der Waals surface area contributed by atoms with Crippen LogP contribution >= 0.6 is 0 Å². The van der Waals surface area contributed by atoms with Crippen LogP contribution in [0.3, 0.4) is 0 Å². The third kappa shape index (κ3) is 4.07. The molecule has 0 bridgehead atoms. The molecule has 1 fully saturated rings. The molecule has 1 aliphatic rings. The summed E-state index contributed by atoms with van der Waals surface area (Å²) in [6.45, 7) is 1.60. The molecule has 0 spiro atoms. The fourth-order valence-electron chi connectivity index (χ4n) is 1.42. The maximum atomic E-state index is 10.8. The largest absolute Gasteiger partial charge is 0.381 e. The summed E-state index contributed by atoms with van der Waals surface area (Å²) in [7, 11) is -2.76. The Bertz CT molecular complexity index is 214. The van der Waals surface area contributed by atoms with Crippen molar-refractivity contribution in [2.45, 2.75) is 19.3 Å². The van der Waals surface area contributed by atoms with E-state index in [4.69, 9.17) is 4.74 Å². The minimum atomic E-state index is -2.76. The van der Waals surface area contributed by atoms with Crippen LogP contribution < -0.4 is 0 Å². The lowest BCUT2D eigenvalue weighted by atomic mass is 9.98. The minimum Gasteiger partial charge on any atom is -0.381 e. The quantitative estimate of drug-likeness (QED) is 0.665. The second-order valence-electron chi connectivity index (χ2n) is 3.47. The van der Waals surface area contributed by atoms with Gasteiger partial charge in [0.1, 0.15) is 9.84 Å². The van der Waals surface area contributed by atoms with E-state index in [0.29, 0.717) is 11.7 Å². The maximum Gasteiger partial charge on any atom is 0.147 e. The molecule has 0 unspecified atom stereocenters. The molecular formula is C8H16O3S. The van der Waals surface area contributed by atoms with Gasteiger partial charge in [-0.05, 0) is 25.2 Å². The fourth-order valence-corrected chi connectivity index (χ4v) is 2.18. The van der Waals surface area contributed by atoms with E-state index in [1.807, 2.05) is 0 Å². The normalized spacial score (nSPS) is 21.1. The lowest BCUT2D eigenvalue weighted by molar-refractivity contribution is 0.0656. The summed E-state index contributed by atoms with van der Waals surface area (Å²) in [5.41, 5.74) is 0. The summed E-state index contributed by atoms with van der Waals surface area (Å²) in [6.07, 6.45) is 4.15. The second kappa shape index (κ2) is 4.23. The van der Waals surface area contributed by atoms with Gasteiger partial charge in [-0.15, -0.1) is 0 Å². The van der Waals surface area contributed by atoms with Crippen molar-refractivity contribution >= 4 is 9.84 Å². The highest BCUT2D eigenvalue weighted by Gasteiger charge is 2.15. The van der Waals surface area contributed by atoms with Gasteiger partial charge in [0.2, 0.25) is 0 Å². The first-order valence-electron chi connectivity index (χ1n) is 4.33. The molecule has 4 heteroatoms. The zero-order chi connectivity index (χ0) is 9.03. The highest BCUT2D eigenvalue weighted by Crippen LogP contribution is 2.18. The van der Waals surface area contributed by atoms with Gasteiger partial charge in [0, 0.05) is 19.5 Å². The van der Waals surface area contributed by atoms with Crippen molar-refractivity contribution < 1.29 is 13.2 Å². The Hall–Kier alpha value is -0.0900. The number of ether oxygens (including phenoxy) is 1. The zero-order valence-electron chi connectivity index (χ0n) is 7.45. The Balaban J connectivity index is 2.22. The van der Waals surface area contributed by atoms with Gasteiger partial charge in [-0.1, -0.05) is 0 Å². The van der Waals surface area contributed by atoms with Gasteiger partial charge in [-0.25, -0.2) is 8.42 Å². The predicted molar refractivity (Wildman–Crippen MR) is 47.9 cm³/mol. The van der Waals surface area contributed by atoms with Gasteiger partial charge < -0.3 is 4.74 Å². The summed E-state index contributed by atoms with van der Waals surface area (Å²) in [5, 5.41) is 0. The van der Waals surface area contributed by atoms with Crippen molar-refractivity contribution in [3.63, 3.8) is 0 Å². The first-order chi connectivity index (χ1) is 5.58. The Kier molecular flexibility index (Phi) is 3.53. The van der Waals surface area contributed by atoms with Crippen LogP contribution in [0.1, 0.15) is 19.3 Å². The topological polar surface area (TPSA) is 43.4 Å². The van der Waals surface area contributed by atoms with Crippen molar-refractivity contribution in [2.24, 2.45) is 5.92 Å². The molecule has 0 amide bonds. The molecule has 3 nitrogen and oxygen atoms in total. The molecule has 1 rings (SSSR count). The molecule has 0 aromatic rings. The molecule has 1 saturated heterocycles. The molecule has 12 heavy (non-hydrogen) atoms. The minimum absolute atomic E-state index is 0.331. The maximum absolute atomic E-state index is 10.8. The van der Waals surface area contributed by atoms with Gasteiger partial charge in [-0.3, -0.25) is 0 Å². The van der Waals surface area contributed by atoms with Crippen molar-refractivity contribution in [3.05, 3.63) is 0 Å². The number of sulfone groups is 1. The molecule has 0 N–H and O–H groups in total. The molecule has 0 aliphatic carbocycles. The van der Waals surface area contributed by atoms with E-state index in [2.05, 4.69) is 0 Å². The molecule has 72 valence electrons. The average Bonchev–Trinajstić information content (AvgIpc) is 2.02. The average molecular weight is 192 g/mol. The Morgan fingerprint density at radius 1 is 1.33 bits per heavy atom. The van der Waals surface area contributed by atoms with E-state index in [1.165, 1.54) is 6.26 Å². The van der Waals surface area contributed by atoms with Gasteiger partial charge in [0.05, 0.1) is 5.75 Å². The van der Waals surface area contributed by atoms with Gasteiger partial charge >= 0.3 is 0 Å². The van der Waals surface area contributed by atoms with E-state index in [1.54, 1.807) is 0 Å². The van der Waals surface area contributed by atoms with E-state index in [-0.39, 0.29) is 0 Å². The predicted octanol–water partition coefficient (Wildman–Crippen LogP) is 0.848. The molecule has 0 saturated carbocycles. The first kappa shape index (κ1) is 9.99. The van der Waals surface area contributed by atoms with Gasteiger partial charge in [0.25, 0.3) is 0 Å². The standard InChI is InChI=1S/C8H16O3S/c1-12(9,10)7-4-8-2-5-11-6-3-8/h8H,2-7H2,1H3. The third-order valence-corrected chi connectivity index (χ3v) is 3.22. The molecule has 0 radical (unpaired) electrons. The summed E-state index contributed by atoms with van der Waals surface area (Å²) in [6, 6.07) is 0. The van der Waals surface area contributed by atoms with Gasteiger partial charge in [-0.2, -0.15) is 0 Å². The van der Waals surface area contributed by atoms with Crippen molar-refractivity contribution in [2.75, 3.05) is 25.2 Å². The molecule has 0 aromatic heterocycles. The first-order valence-corrected chi connectivity index (χ1v) is 6.39. The fraction of sp³-hybridized carbons (Fsp3) is 1.00. The van der Waals surface area contributed by atoms with Crippen molar-refractivity contribution in [1.29, 1.82) is 0 Å². The number of hydrogen-bond donors (Lipinski definition) is 0. The van der Waals surface area contributed by atoms with Crippen LogP contribution in [-0.4, -0.2) is 33.6 Å². The van der Waals surface area contributed by atoms with Crippen LogP contribution in [-0.2, 0) is 14.6 Å². The lowest BCUT2D eigenvalue weighted by Crippen LogP contribution is -2.18. The summed E-state index contributed by atoms with van der Waals surface area (Å²) in [4.78, 5) is 0. The molecule has 1 aliphatic heterocycles. The smallest absolute Gasteiger partial charge is 0.147 e. The molecule has 0 aromatic carbocycles. The zero-order valence-corrected chi connectivity index (χ0v) is 8.27. The summed E-state index contributed by atoms with van der Waals surface area (Å²) >= 11 is 0. The third-order valence-electron chi connectivity index (χ3n) is 2.24. The van der Waals surface area contributed by atoms with Crippen LogP contribution in [0.2, 0.25) is 0 Å². The number of rotatable bonds is 3. The Morgan fingerprint density at radius 3 is 2.42 bits per heavy atom. The van der Waals surface area contributed by atoms with Crippen LogP contribution in [0.25, 0.3) is 0 Å². The van der Waals surface area contributed by atoms with Crippen LogP contribution in [0.15, 0.2) is 0 Å². The molecule has 1 heterocycles. The highest BCUT2D eigenvalue weighted by atomic mass is 32.2. The lowest BCUT2D eigenvalue weighted by Gasteiger charge is -2.21. The van der Waals surface area contributed by atoms with Crippen LogP contribution in [0.5, 0.6) is 0 Å².